The molecule has 5 rings (SSSR count). The minimum atomic E-state index is -0.537. The summed E-state index contributed by atoms with van der Waals surface area (Å²) in [5.41, 5.74) is 2.59. The highest BCUT2D eigenvalue weighted by Gasteiger charge is 2.34. The lowest BCUT2D eigenvalue weighted by molar-refractivity contribution is 0.0677. The molecule has 0 unspecified atom stereocenters. The summed E-state index contributed by atoms with van der Waals surface area (Å²) in [7, 11) is 0. The molecule has 7 nitrogen and oxygen atoms in total. The second kappa shape index (κ2) is 7.81. The van der Waals surface area contributed by atoms with E-state index < -0.39 is 5.82 Å². The Morgan fingerprint density at radius 1 is 1.19 bits per heavy atom. The minimum Gasteiger partial charge on any atom is -0.318 e. The monoisotopic (exact) mass is 436 g/mol. The van der Waals surface area contributed by atoms with Crippen molar-refractivity contribution in [1.82, 2.24) is 29.4 Å². The predicted octanol–water partition coefficient (Wildman–Crippen LogP) is 4.22. The zero-order chi connectivity index (χ0) is 21.5. The topological polar surface area (TPSA) is 68.8 Å². The molecule has 1 amide bonds. The number of carbonyl (C=O) groups excluding carboxylic acids is 1. The van der Waals surface area contributed by atoms with Crippen molar-refractivity contribution in [1.29, 1.82) is 0 Å². The highest BCUT2D eigenvalue weighted by molar-refractivity contribution is 7.98. The van der Waals surface area contributed by atoms with Gasteiger partial charge in [-0.05, 0) is 55.9 Å². The first-order valence-electron chi connectivity index (χ1n) is 10.1. The Hall–Kier alpha value is -3.20. The number of fused-ring (bicyclic) bond motifs is 1. The lowest BCUT2D eigenvalue weighted by Gasteiger charge is -2.27. The van der Waals surface area contributed by atoms with Crippen LogP contribution in [0.15, 0.2) is 53.9 Å². The van der Waals surface area contributed by atoms with E-state index in [4.69, 9.17) is 0 Å². The molecule has 2 aromatic carbocycles. The second-order valence-corrected chi connectivity index (χ2v) is 8.42. The number of hydrogen-bond acceptors (Lipinski definition) is 5. The van der Waals surface area contributed by atoms with Gasteiger partial charge in [-0.2, -0.15) is 15.0 Å². The minimum absolute atomic E-state index is 0.00260. The molecule has 3 heterocycles. The van der Waals surface area contributed by atoms with Crippen LogP contribution in [0.4, 0.5) is 4.39 Å². The highest BCUT2D eigenvalue weighted by Crippen LogP contribution is 2.34. The molecule has 2 aromatic heterocycles. The van der Waals surface area contributed by atoms with Crippen LogP contribution in [0.3, 0.4) is 0 Å². The molecule has 0 bridgehead atoms. The van der Waals surface area contributed by atoms with E-state index in [1.165, 1.54) is 17.2 Å². The average molecular weight is 437 g/mol. The number of rotatable bonds is 4. The van der Waals surface area contributed by atoms with Gasteiger partial charge in [0.15, 0.2) is 0 Å². The third-order valence-corrected chi connectivity index (χ3v) is 6.47. The van der Waals surface area contributed by atoms with Crippen molar-refractivity contribution in [3.05, 3.63) is 66.0 Å². The number of thioether (sulfide) groups is 1. The molecule has 0 spiro atoms. The van der Waals surface area contributed by atoms with Gasteiger partial charge in [0.05, 0.1) is 29.8 Å². The number of imidazole rings is 1. The summed E-state index contributed by atoms with van der Waals surface area (Å²) in [6.07, 6.45) is 8.20. The summed E-state index contributed by atoms with van der Waals surface area (Å²) in [5, 5.41) is 8.21. The predicted molar refractivity (Wildman–Crippen MR) is 117 cm³/mol. The van der Waals surface area contributed by atoms with Crippen molar-refractivity contribution >= 4 is 28.7 Å². The fourth-order valence-corrected chi connectivity index (χ4v) is 4.61. The lowest BCUT2D eigenvalue weighted by atomic mass is 10.1. The average Bonchev–Trinajstić information content (AvgIpc) is 3.54. The van der Waals surface area contributed by atoms with Crippen LogP contribution in [-0.2, 0) is 0 Å². The number of aryl methyl sites for hydroxylation is 1. The molecule has 31 heavy (non-hydrogen) atoms. The van der Waals surface area contributed by atoms with Crippen molar-refractivity contribution in [2.75, 3.05) is 12.8 Å². The first-order valence-corrected chi connectivity index (χ1v) is 11.3. The van der Waals surface area contributed by atoms with Crippen molar-refractivity contribution in [3.63, 3.8) is 0 Å². The van der Waals surface area contributed by atoms with Gasteiger partial charge in [0.25, 0.3) is 5.91 Å². The van der Waals surface area contributed by atoms with E-state index in [0.717, 1.165) is 28.8 Å². The largest absolute Gasteiger partial charge is 0.318 e. The molecule has 1 saturated heterocycles. The summed E-state index contributed by atoms with van der Waals surface area (Å²) in [6, 6.07) is 9.45. The van der Waals surface area contributed by atoms with Crippen LogP contribution in [0.25, 0.3) is 16.7 Å². The maximum atomic E-state index is 15.2. The van der Waals surface area contributed by atoms with Gasteiger partial charge in [-0.25, -0.2) is 9.37 Å². The number of nitrogens with zero attached hydrogens (tertiary/aromatic N) is 6. The normalized spacial score (nSPS) is 16.4. The SMILES string of the molecule is CSc1ccc2c(c1)ncn2[C@@H]1CCCN1C(=O)c1c(-n2nccn2)ccc(C)c1F. The van der Waals surface area contributed by atoms with Gasteiger partial charge < -0.3 is 9.47 Å². The number of amides is 1. The second-order valence-electron chi connectivity index (χ2n) is 7.54. The molecule has 1 fully saturated rings. The number of halogens is 1. The fourth-order valence-electron chi connectivity index (χ4n) is 4.18. The Kier molecular flexibility index (Phi) is 4.97. The van der Waals surface area contributed by atoms with Gasteiger partial charge in [0.2, 0.25) is 0 Å². The van der Waals surface area contributed by atoms with Crippen LogP contribution < -0.4 is 0 Å². The van der Waals surface area contributed by atoms with Crippen molar-refractivity contribution in [3.8, 4) is 5.69 Å². The summed E-state index contributed by atoms with van der Waals surface area (Å²) < 4.78 is 17.2. The summed E-state index contributed by atoms with van der Waals surface area (Å²) in [5.74, 6) is -0.899. The van der Waals surface area contributed by atoms with Crippen LogP contribution in [0, 0.1) is 12.7 Å². The van der Waals surface area contributed by atoms with Crippen LogP contribution in [0.5, 0.6) is 0 Å². The Morgan fingerprint density at radius 2 is 2.00 bits per heavy atom. The third-order valence-electron chi connectivity index (χ3n) is 5.75. The van der Waals surface area contributed by atoms with E-state index in [9.17, 15) is 4.79 Å². The molecule has 9 heteroatoms. The summed E-state index contributed by atoms with van der Waals surface area (Å²) in [6.45, 7) is 2.20. The van der Waals surface area contributed by atoms with Gasteiger partial charge >= 0.3 is 0 Å². The lowest BCUT2D eigenvalue weighted by Crippen LogP contribution is -2.34. The molecule has 0 saturated carbocycles. The number of carbonyl (C=O) groups is 1. The van der Waals surface area contributed by atoms with Crippen molar-refractivity contribution < 1.29 is 9.18 Å². The van der Waals surface area contributed by atoms with Gasteiger partial charge in [-0.15, -0.1) is 11.8 Å². The Balaban J connectivity index is 1.57. The number of aromatic nitrogens is 5. The zero-order valence-corrected chi connectivity index (χ0v) is 18.0. The standard InChI is InChI=1S/C22H21FN6OS/c1-14-5-7-18(29-25-9-10-26-29)20(21(14)23)22(30)27-11-3-4-19(27)28-13-24-16-12-15(31-2)6-8-17(16)28/h5-10,12-13,19H,3-4,11H2,1-2H3/t19-/m1/s1. The summed E-state index contributed by atoms with van der Waals surface area (Å²) >= 11 is 1.66. The van der Waals surface area contributed by atoms with Crippen LogP contribution >= 0.6 is 11.8 Å². The number of likely N-dealkylation sites (tertiary alicyclic amines) is 1. The molecule has 1 aliphatic rings. The van der Waals surface area contributed by atoms with Crippen LogP contribution in [0.1, 0.15) is 34.9 Å². The molecule has 0 N–H and O–H groups in total. The first kappa shape index (κ1) is 19.7. The molecule has 4 aromatic rings. The Labute approximate surface area is 182 Å². The smallest absolute Gasteiger partial charge is 0.260 e. The van der Waals surface area contributed by atoms with Gasteiger partial charge in [-0.3, -0.25) is 4.79 Å². The quantitative estimate of drug-likeness (QED) is 0.448. The molecule has 0 aliphatic carbocycles. The van der Waals surface area contributed by atoms with Crippen LogP contribution in [0.2, 0.25) is 0 Å². The Bertz CT molecular complexity index is 1270. The van der Waals surface area contributed by atoms with Crippen molar-refractivity contribution in [2.45, 2.75) is 30.8 Å². The molecule has 1 aliphatic heterocycles. The zero-order valence-electron chi connectivity index (χ0n) is 17.2. The summed E-state index contributed by atoms with van der Waals surface area (Å²) in [4.78, 5) is 22.4. The van der Waals surface area contributed by atoms with E-state index in [1.54, 1.807) is 42.0 Å². The highest BCUT2D eigenvalue weighted by atomic mass is 32.2. The molecular formula is C22H21FN6OS. The van der Waals surface area contributed by atoms with Gasteiger partial charge in [0.1, 0.15) is 23.2 Å². The molecule has 0 radical (unpaired) electrons. The fraction of sp³-hybridized carbons (Fsp3) is 0.273. The molecule has 158 valence electrons. The van der Waals surface area contributed by atoms with E-state index in [0.29, 0.717) is 17.8 Å². The maximum absolute atomic E-state index is 15.2. The van der Waals surface area contributed by atoms with E-state index >= 15 is 4.39 Å². The van der Waals surface area contributed by atoms with Gasteiger partial charge in [-0.1, -0.05) is 6.07 Å². The third kappa shape index (κ3) is 3.29. The Morgan fingerprint density at radius 3 is 2.77 bits per heavy atom. The van der Waals surface area contributed by atoms with Crippen molar-refractivity contribution in [2.24, 2.45) is 0 Å². The van der Waals surface area contributed by atoms with Crippen LogP contribution in [-0.4, -0.2) is 48.2 Å². The van der Waals surface area contributed by atoms with E-state index in [-0.39, 0.29) is 17.6 Å². The van der Waals surface area contributed by atoms with Gasteiger partial charge in [0, 0.05) is 11.4 Å². The van der Waals surface area contributed by atoms with E-state index in [1.807, 2.05) is 29.0 Å². The molecular weight excluding hydrogens is 415 g/mol. The number of hydrogen-bond donors (Lipinski definition) is 0. The first-order chi connectivity index (χ1) is 15.1. The number of benzene rings is 2. The maximum Gasteiger partial charge on any atom is 0.260 e. The molecule has 1 atom stereocenters. The van der Waals surface area contributed by atoms with E-state index in [2.05, 4.69) is 15.2 Å².